The van der Waals surface area contributed by atoms with Crippen molar-refractivity contribution in [2.24, 2.45) is 12.5 Å². The van der Waals surface area contributed by atoms with E-state index in [0.29, 0.717) is 5.41 Å². The molecule has 0 N–H and O–H groups in total. The maximum Gasteiger partial charge on any atom is 0.0521 e. The van der Waals surface area contributed by atoms with Crippen LogP contribution in [-0.2, 0) is 13.5 Å². The first-order valence-electron chi connectivity index (χ1n) is 5.25. The maximum atomic E-state index is 4.22. The lowest BCUT2D eigenvalue weighted by molar-refractivity contribution is 0.352. The third-order valence-electron chi connectivity index (χ3n) is 2.68. The zero-order valence-electron chi connectivity index (χ0n) is 9.34. The van der Waals surface area contributed by atoms with Gasteiger partial charge in [0.1, 0.15) is 0 Å². The first kappa shape index (κ1) is 13.2. The maximum absolute atomic E-state index is 4.22. The molecule has 0 aliphatic heterocycles. The first-order valence-corrected chi connectivity index (χ1v) is 7.49. The van der Waals surface area contributed by atoms with Gasteiger partial charge in [0.15, 0.2) is 0 Å². The Balaban J connectivity index is 2.73. The van der Waals surface area contributed by atoms with Crippen molar-refractivity contribution in [3.8, 4) is 0 Å². The molecular weight excluding hydrogens is 320 g/mol. The van der Waals surface area contributed by atoms with Gasteiger partial charge in [-0.05, 0) is 23.8 Å². The molecule has 0 aromatic carbocycles. The number of rotatable bonds is 6. The Bertz CT molecular complexity index is 293. The standard InChI is InChI=1S/C11H18Br2N2/c1-3-4-11(8-12,9-13)5-10-6-14-15(2)7-10/h6-7H,3-5,8-9H2,1-2H3. The molecule has 86 valence electrons. The summed E-state index contributed by atoms with van der Waals surface area (Å²) in [7, 11) is 1.97. The van der Waals surface area contributed by atoms with Crippen molar-refractivity contribution in [1.82, 2.24) is 9.78 Å². The fraction of sp³-hybridized carbons (Fsp3) is 0.727. The van der Waals surface area contributed by atoms with Gasteiger partial charge in [0.05, 0.1) is 6.20 Å². The molecule has 0 saturated heterocycles. The SMILES string of the molecule is CCCC(CBr)(CBr)Cc1cnn(C)c1. The van der Waals surface area contributed by atoms with Crippen LogP contribution in [0.4, 0.5) is 0 Å². The van der Waals surface area contributed by atoms with Crippen molar-refractivity contribution in [1.29, 1.82) is 0 Å². The lowest BCUT2D eigenvalue weighted by atomic mass is 9.82. The van der Waals surface area contributed by atoms with Crippen LogP contribution in [-0.4, -0.2) is 20.4 Å². The number of nitrogens with zero attached hydrogens (tertiary/aromatic N) is 2. The molecular formula is C11H18Br2N2. The van der Waals surface area contributed by atoms with Gasteiger partial charge in [-0.15, -0.1) is 0 Å². The van der Waals surface area contributed by atoms with E-state index in [-0.39, 0.29) is 0 Å². The Morgan fingerprint density at radius 3 is 2.47 bits per heavy atom. The van der Waals surface area contributed by atoms with Gasteiger partial charge in [0.25, 0.3) is 0 Å². The van der Waals surface area contributed by atoms with E-state index < -0.39 is 0 Å². The van der Waals surface area contributed by atoms with Gasteiger partial charge in [-0.2, -0.15) is 5.10 Å². The minimum absolute atomic E-state index is 0.331. The van der Waals surface area contributed by atoms with E-state index in [0.717, 1.165) is 17.1 Å². The van der Waals surface area contributed by atoms with Crippen LogP contribution >= 0.6 is 31.9 Å². The quantitative estimate of drug-likeness (QED) is 0.726. The smallest absolute Gasteiger partial charge is 0.0521 e. The molecule has 0 aliphatic rings. The van der Waals surface area contributed by atoms with Gasteiger partial charge in [0.2, 0.25) is 0 Å². The molecule has 2 nitrogen and oxygen atoms in total. The second-order valence-electron chi connectivity index (χ2n) is 4.22. The van der Waals surface area contributed by atoms with Gasteiger partial charge < -0.3 is 0 Å². The molecule has 0 radical (unpaired) electrons. The lowest BCUT2D eigenvalue weighted by Gasteiger charge is -2.29. The molecule has 0 spiro atoms. The van der Waals surface area contributed by atoms with Crippen LogP contribution in [0.3, 0.4) is 0 Å². The second kappa shape index (κ2) is 6.04. The van der Waals surface area contributed by atoms with Crippen molar-refractivity contribution in [3.63, 3.8) is 0 Å². The summed E-state index contributed by atoms with van der Waals surface area (Å²) in [5, 5.41) is 6.29. The molecule has 1 aromatic heterocycles. The van der Waals surface area contributed by atoms with Gasteiger partial charge in [-0.3, -0.25) is 4.68 Å². The molecule has 0 saturated carbocycles. The highest BCUT2D eigenvalue weighted by Gasteiger charge is 2.27. The van der Waals surface area contributed by atoms with Crippen molar-refractivity contribution < 1.29 is 0 Å². The van der Waals surface area contributed by atoms with E-state index >= 15 is 0 Å². The van der Waals surface area contributed by atoms with Crippen LogP contribution in [0, 0.1) is 5.41 Å². The van der Waals surface area contributed by atoms with Gasteiger partial charge in [-0.1, -0.05) is 45.2 Å². The average Bonchev–Trinajstić information content (AvgIpc) is 2.63. The topological polar surface area (TPSA) is 17.8 Å². The van der Waals surface area contributed by atoms with Crippen molar-refractivity contribution >= 4 is 31.9 Å². The third-order valence-corrected chi connectivity index (χ3v) is 5.06. The summed E-state index contributed by atoms with van der Waals surface area (Å²) in [6.45, 7) is 2.24. The molecule has 0 bridgehead atoms. The van der Waals surface area contributed by atoms with Crippen molar-refractivity contribution in [2.75, 3.05) is 10.7 Å². The van der Waals surface area contributed by atoms with Gasteiger partial charge in [-0.25, -0.2) is 0 Å². The first-order chi connectivity index (χ1) is 7.15. The summed E-state index contributed by atoms with van der Waals surface area (Å²) in [4.78, 5) is 0. The van der Waals surface area contributed by atoms with Crippen LogP contribution in [0.25, 0.3) is 0 Å². The van der Waals surface area contributed by atoms with E-state index in [2.05, 4.69) is 50.1 Å². The van der Waals surface area contributed by atoms with E-state index in [4.69, 9.17) is 0 Å². The lowest BCUT2D eigenvalue weighted by Crippen LogP contribution is -2.27. The minimum Gasteiger partial charge on any atom is -0.276 e. The van der Waals surface area contributed by atoms with Crippen molar-refractivity contribution in [2.45, 2.75) is 26.2 Å². The Hall–Kier alpha value is 0.170. The predicted octanol–water partition coefficient (Wildman–Crippen LogP) is 3.54. The Labute approximate surface area is 109 Å². The number of halogens is 2. The van der Waals surface area contributed by atoms with Crippen molar-refractivity contribution in [3.05, 3.63) is 18.0 Å². The number of alkyl halides is 2. The van der Waals surface area contributed by atoms with Crippen LogP contribution in [0.15, 0.2) is 12.4 Å². The summed E-state index contributed by atoms with van der Waals surface area (Å²) in [5.41, 5.74) is 1.66. The monoisotopic (exact) mass is 336 g/mol. The van der Waals surface area contributed by atoms with E-state index in [1.165, 1.54) is 18.4 Å². The fourth-order valence-corrected chi connectivity index (χ4v) is 3.76. The Morgan fingerprint density at radius 2 is 2.07 bits per heavy atom. The Morgan fingerprint density at radius 1 is 1.40 bits per heavy atom. The molecule has 4 heteroatoms. The Kier molecular flexibility index (Phi) is 5.33. The molecule has 0 amide bonds. The highest BCUT2D eigenvalue weighted by atomic mass is 79.9. The molecule has 0 unspecified atom stereocenters. The normalized spacial score (nSPS) is 12.0. The molecule has 0 atom stereocenters. The van der Waals surface area contributed by atoms with Crippen LogP contribution in [0.1, 0.15) is 25.3 Å². The number of aromatic nitrogens is 2. The summed E-state index contributed by atoms with van der Waals surface area (Å²) in [6.07, 6.45) is 7.62. The molecule has 15 heavy (non-hydrogen) atoms. The highest BCUT2D eigenvalue weighted by molar-refractivity contribution is 9.09. The average molecular weight is 338 g/mol. The number of hydrogen-bond donors (Lipinski definition) is 0. The molecule has 0 fully saturated rings. The minimum atomic E-state index is 0.331. The zero-order chi connectivity index (χ0) is 11.3. The van der Waals surface area contributed by atoms with E-state index in [1.54, 1.807) is 0 Å². The predicted molar refractivity (Wildman–Crippen MR) is 71.8 cm³/mol. The van der Waals surface area contributed by atoms with Crippen LogP contribution in [0.5, 0.6) is 0 Å². The largest absolute Gasteiger partial charge is 0.276 e. The molecule has 1 heterocycles. The number of aryl methyl sites for hydroxylation is 1. The number of hydrogen-bond acceptors (Lipinski definition) is 1. The van der Waals surface area contributed by atoms with Gasteiger partial charge in [0, 0.05) is 23.9 Å². The summed E-state index contributed by atoms with van der Waals surface area (Å²) >= 11 is 7.28. The summed E-state index contributed by atoms with van der Waals surface area (Å²) in [6, 6.07) is 0. The van der Waals surface area contributed by atoms with E-state index in [1.807, 2.05) is 17.9 Å². The molecule has 0 aliphatic carbocycles. The van der Waals surface area contributed by atoms with Gasteiger partial charge >= 0.3 is 0 Å². The second-order valence-corrected chi connectivity index (χ2v) is 5.34. The summed E-state index contributed by atoms with van der Waals surface area (Å²) < 4.78 is 1.87. The zero-order valence-corrected chi connectivity index (χ0v) is 12.5. The van der Waals surface area contributed by atoms with Crippen LogP contribution < -0.4 is 0 Å². The summed E-state index contributed by atoms with van der Waals surface area (Å²) in [5.74, 6) is 0. The van der Waals surface area contributed by atoms with Crippen LogP contribution in [0.2, 0.25) is 0 Å². The highest BCUT2D eigenvalue weighted by Crippen LogP contribution is 2.32. The molecule has 1 rings (SSSR count). The van der Waals surface area contributed by atoms with E-state index in [9.17, 15) is 0 Å². The molecule has 1 aromatic rings. The fourth-order valence-electron chi connectivity index (χ4n) is 1.88. The third kappa shape index (κ3) is 3.59.